The van der Waals surface area contributed by atoms with Gasteiger partial charge in [0, 0.05) is 51.9 Å². The monoisotopic (exact) mass is 989 g/mol. The van der Waals surface area contributed by atoms with Crippen LogP contribution in [0.1, 0.15) is 226 Å². The van der Waals surface area contributed by atoms with E-state index in [-0.39, 0.29) is 43.3 Å². The molecular formula is C58H104N2O10. The summed E-state index contributed by atoms with van der Waals surface area (Å²) in [4.78, 5) is 43.8. The van der Waals surface area contributed by atoms with Gasteiger partial charge in [0.15, 0.2) is 12.6 Å². The van der Waals surface area contributed by atoms with Crippen LogP contribution in [-0.2, 0) is 49.4 Å². The number of unbranched alkanes of at least 4 members (excludes halogenated alkanes) is 16. The molecule has 406 valence electrons. The SMILES string of the molecule is CCCCCOC(CCC(=O)OCCCCCCCC(CCCCCCCOC(=O)CCC(OCCCCC)OCCCCC)N(CC1CCN(C)CC1)C(=O)OCc1ccccc1)OCCCCC. The summed E-state index contributed by atoms with van der Waals surface area (Å²) >= 11 is 0. The number of likely N-dealkylation sites (tertiary alicyclic amines) is 1. The molecule has 1 aliphatic rings. The highest BCUT2D eigenvalue weighted by Crippen LogP contribution is 2.25. The number of hydrogen-bond donors (Lipinski definition) is 0. The fourth-order valence-electron chi connectivity index (χ4n) is 8.86. The molecule has 0 N–H and O–H groups in total. The van der Waals surface area contributed by atoms with Crippen molar-refractivity contribution < 1.29 is 47.5 Å². The lowest BCUT2D eigenvalue weighted by Gasteiger charge is -2.37. The predicted molar refractivity (Wildman–Crippen MR) is 283 cm³/mol. The zero-order chi connectivity index (χ0) is 50.5. The number of carbonyl (C=O) groups excluding carboxylic acids is 3. The van der Waals surface area contributed by atoms with Gasteiger partial charge in [-0.15, -0.1) is 0 Å². The lowest BCUT2D eigenvalue weighted by molar-refractivity contribution is -0.159. The van der Waals surface area contributed by atoms with E-state index >= 15 is 0 Å². The third-order valence-electron chi connectivity index (χ3n) is 13.4. The summed E-state index contributed by atoms with van der Waals surface area (Å²) in [5.74, 6) is 0.0897. The summed E-state index contributed by atoms with van der Waals surface area (Å²) in [5, 5.41) is 0. The van der Waals surface area contributed by atoms with Crippen LogP contribution in [0.15, 0.2) is 30.3 Å². The molecule has 1 amide bonds. The van der Waals surface area contributed by atoms with Gasteiger partial charge in [0.1, 0.15) is 6.61 Å². The summed E-state index contributed by atoms with van der Waals surface area (Å²) in [6.45, 7) is 15.3. The van der Waals surface area contributed by atoms with Gasteiger partial charge in [-0.1, -0.05) is 161 Å². The van der Waals surface area contributed by atoms with Crippen LogP contribution >= 0.6 is 0 Å². The van der Waals surface area contributed by atoms with Crippen molar-refractivity contribution in [3.8, 4) is 0 Å². The first-order chi connectivity index (χ1) is 34.3. The first kappa shape index (κ1) is 63.3. The Balaban J connectivity index is 1.86. The number of amides is 1. The number of piperidine rings is 1. The van der Waals surface area contributed by atoms with E-state index in [2.05, 4.69) is 44.5 Å². The molecule has 0 aliphatic carbocycles. The number of carbonyl (C=O) groups is 3. The fourth-order valence-corrected chi connectivity index (χ4v) is 8.86. The molecular weight excluding hydrogens is 885 g/mol. The van der Waals surface area contributed by atoms with Crippen molar-refractivity contribution in [2.45, 2.75) is 246 Å². The lowest BCUT2D eigenvalue weighted by Crippen LogP contribution is -2.45. The molecule has 0 saturated carbocycles. The molecule has 1 heterocycles. The van der Waals surface area contributed by atoms with Crippen LogP contribution in [-0.4, -0.2) is 113 Å². The van der Waals surface area contributed by atoms with E-state index in [9.17, 15) is 14.4 Å². The highest BCUT2D eigenvalue weighted by atomic mass is 16.7. The molecule has 0 radical (unpaired) electrons. The Morgan fingerprint density at radius 2 is 0.914 bits per heavy atom. The van der Waals surface area contributed by atoms with Crippen molar-refractivity contribution in [1.82, 2.24) is 9.80 Å². The maximum absolute atomic E-state index is 14.1. The summed E-state index contributed by atoms with van der Waals surface area (Å²) in [7, 11) is 2.18. The second-order valence-electron chi connectivity index (χ2n) is 19.9. The molecule has 1 saturated heterocycles. The van der Waals surface area contributed by atoms with Crippen molar-refractivity contribution in [2.24, 2.45) is 5.92 Å². The molecule has 1 aromatic carbocycles. The van der Waals surface area contributed by atoms with Crippen LogP contribution < -0.4 is 0 Å². The zero-order valence-corrected chi connectivity index (χ0v) is 45.5. The smallest absolute Gasteiger partial charge is 0.410 e. The average molecular weight is 989 g/mol. The Bertz CT molecular complexity index is 1280. The number of nitrogens with zero attached hydrogens (tertiary/aromatic N) is 2. The third kappa shape index (κ3) is 34.6. The Morgan fingerprint density at radius 1 is 0.514 bits per heavy atom. The summed E-state index contributed by atoms with van der Waals surface area (Å²) in [6, 6.07) is 10.1. The van der Waals surface area contributed by atoms with Crippen molar-refractivity contribution in [3.05, 3.63) is 35.9 Å². The van der Waals surface area contributed by atoms with E-state index in [1.165, 1.54) is 0 Å². The second-order valence-corrected chi connectivity index (χ2v) is 19.9. The van der Waals surface area contributed by atoms with Crippen molar-refractivity contribution in [3.63, 3.8) is 0 Å². The molecule has 12 nitrogen and oxygen atoms in total. The van der Waals surface area contributed by atoms with Gasteiger partial charge in [0.2, 0.25) is 0 Å². The van der Waals surface area contributed by atoms with Crippen molar-refractivity contribution in [2.75, 3.05) is 66.3 Å². The summed E-state index contributed by atoms with van der Waals surface area (Å²) < 4.78 is 41.2. The van der Waals surface area contributed by atoms with Gasteiger partial charge in [0.25, 0.3) is 0 Å². The van der Waals surface area contributed by atoms with Crippen LogP contribution in [0.2, 0.25) is 0 Å². The highest BCUT2D eigenvalue weighted by molar-refractivity contribution is 5.69. The van der Waals surface area contributed by atoms with Gasteiger partial charge < -0.3 is 43.0 Å². The molecule has 1 aliphatic heterocycles. The van der Waals surface area contributed by atoms with E-state index in [0.29, 0.717) is 71.2 Å². The quantitative estimate of drug-likeness (QED) is 0.0268. The predicted octanol–water partition coefficient (Wildman–Crippen LogP) is 14.1. The highest BCUT2D eigenvalue weighted by Gasteiger charge is 2.29. The van der Waals surface area contributed by atoms with Gasteiger partial charge >= 0.3 is 18.0 Å². The number of ether oxygens (including phenoxy) is 7. The van der Waals surface area contributed by atoms with Crippen LogP contribution in [0.5, 0.6) is 0 Å². The largest absolute Gasteiger partial charge is 0.466 e. The molecule has 1 aromatic rings. The topological polar surface area (TPSA) is 122 Å². The van der Waals surface area contributed by atoms with Crippen molar-refractivity contribution in [1.29, 1.82) is 0 Å². The van der Waals surface area contributed by atoms with Crippen LogP contribution in [0.4, 0.5) is 4.79 Å². The van der Waals surface area contributed by atoms with Gasteiger partial charge in [0.05, 0.1) is 26.1 Å². The first-order valence-corrected chi connectivity index (χ1v) is 28.7. The van der Waals surface area contributed by atoms with Gasteiger partial charge in [-0.2, -0.15) is 0 Å². The first-order valence-electron chi connectivity index (χ1n) is 28.7. The Morgan fingerprint density at radius 3 is 1.34 bits per heavy atom. The molecule has 70 heavy (non-hydrogen) atoms. The molecule has 0 bridgehead atoms. The number of esters is 2. The maximum Gasteiger partial charge on any atom is 0.410 e. The minimum absolute atomic E-state index is 0.106. The standard InChI is InChI=1S/C58H104N2O10/c1-6-10-25-45-66-56(67-46-26-11-7-2)37-35-54(61)64-43-29-18-14-16-23-33-53(60(49-51-39-41-59(5)42-40-51)58(63)70-50-52-31-21-20-22-32-52)34-24-17-15-19-30-44-65-55(62)36-38-57(68-47-27-12-8-3)69-48-28-13-9-4/h20-22,31-32,51,53,56-57H,6-19,23-30,33-50H2,1-5H3. The summed E-state index contributed by atoms with van der Waals surface area (Å²) in [5.41, 5.74) is 0.994. The molecule has 0 spiro atoms. The maximum atomic E-state index is 14.1. The average Bonchev–Trinajstić information content (AvgIpc) is 3.37. The van der Waals surface area contributed by atoms with E-state index in [4.69, 9.17) is 33.2 Å². The molecule has 0 unspecified atom stereocenters. The van der Waals surface area contributed by atoms with Gasteiger partial charge in [-0.05, 0) is 95.8 Å². The Labute approximate surface area is 427 Å². The molecule has 0 aromatic heterocycles. The Hall–Kier alpha value is -2.77. The number of hydrogen-bond acceptors (Lipinski definition) is 11. The normalized spacial score (nSPS) is 13.4. The number of rotatable bonds is 47. The minimum Gasteiger partial charge on any atom is -0.466 e. The third-order valence-corrected chi connectivity index (χ3v) is 13.4. The van der Waals surface area contributed by atoms with E-state index in [1.54, 1.807) is 0 Å². The van der Waals surface area contributed by atoms with E-state index in [0.717, 1.165) is 192 Å². The van der Waals surface area contributed by atoms with Gasteiger partial charge in [-0.25, -0.2) is 4.79 Å². The van der Waals surface area contributed by atoms with Gasteiger partial charge in [-0.3, -0.25) is 9.59 Å². The lowest BCUT2D eigenvalue weighted by atomic mass is 9.94. The van der Waals surface area contributed by atoms with Crippen LogP contribution in [0, 0.1) is 5.92 Å². The molecule has 0 atom stereocenters. The molecule has 12 heteroatoms. The van der Waals surface area contributed by atoms with Crippen LogP contribution in [0.3, 0.4) is 0 Å². The molecule has 1 fully saturated rings. The minimum atomic E-state index is -0.352. The van der Waals surface area contributed by atoms with Crippen LogP contribution in [0.25, 0.3) is 0 Å². The second kappa shape index (κ2) is 44.9. The van der Waals surface area contributed by atoms with E-state index < -0.39 is 0 Å². The fraction of sp³-hybridized carbons (Fsp3) is 0.845. The zero-order valence-electron chi connectivity index (χ0n) is 45.5. The summed E-state index contributed by atoms with van der Waals surface area (Å²) in [6.07, 6.45) is 27.9. The van der Waals surface area contributed by atoms with E-state index in [1.807, 2.05) is 30.3 Å². The van der Waals surface area contributed by atoms with Crippen molar-refractivity contribution >= 4 is 18.0 Å². The Kier molecular flexibility index (Phi) is 40.6. The number of benzene rings is 1. The molecule has 2 rings (SSSR count).